The van der Waals surface area contributed by atoms with Crippen LogP contribution >= 0.6 is 11.3 Å². The zero-order valence-electron chi connectivity index (χ0n) is 11.5. The fraction of sp³-hybridized carbons (Fsp3) is 0.400. The van der Waals surface area contributed by atoms with Gasteiger partial charge >= 0.3 is 0 Å². The molecule has 2 unspecified atom stereocenters. The summed E-state index contributed by atoms with van der Waals surface area (Å²) in [6.45, 7) is 3.74. The number of thiazole rings is 1. The first-order chi connectivity index (χ1) is 9.22. The molecule has 1 heterocycles. The number of nitrogens with two attached hydrogens (primary N) is 1. The quantitative estimate of drug-likeness (QED) is 0.881. The second kappa shape index (κ2) is 6.80. The normalized spacial score (nSPS) is 14.5. The molecular weight excluding hydrogens is 254 g/mol. The first-order valence-electron chi connectivity index (χ1n) is 6.54. The summed E-state index contributed by atoms with van der Waals surface area (Å²) in [4.78, 5) is 6.64. The van der Waals surface area contributed by atoms with Gasteiger partial charge in [0.1, 0.15) is 0 Å². The number of aromatic nitrogens is 1. The highest BCUT2D eigenvalue weighted by molar-refractivity contribution is 7.07. The van der Waals surface area contributed by atoms with Gasteiger partial charge in [-0.05, 0) is 18.5 Å². The summed E-state index contributed by atoms with van der Waals surface area (Å²) in [5.41, 5.74) is 10.3. The Labute approximate surface area is 119 Å². The average molecular weight is 275 g/mol. The van der Waals surface area contributed by atoms with Crippen molar-refractivity contribution in [2.24, 2.45) is 5.73 Å². The van der Waals surface area contributed by atoms with Gasteiger partial charge in [0.05, 0.1) is 11.2 Å². The van der Waals surface area contributed by atoms with Crippen LogP contribution in [0, 0.1) is 0 Å². The molecule has 0 aliphatic carbocycles. The minimum Gasteiger partial charge on any atom is -0.329 e. The number of nitrogens with zero attached hydrogens (tertiary/aromatic N) is 2. The summed E-state index contributed by atoms with van der Waals surface area (Å²) in [7, 11) is 2.12. The Morgan fingerprint density at radius 2 is 2.05 bits per heavy atom. The van der Waals surface area contributed by atoms with E-state index in [-0.39, 0.29) is 0 Å². The van der Waals surface area contributed by atoms with Crippen molar-refractivity contribution in [1.82, 2.24) is 9.88 Å². The van der Waals surface area contributed by atoms with Crippen molar-refractivity contribution in [3.8, 4) is 0 Å². The van der Waals surface area contributed by atoms with Crippen LogP contribution in [-0.4, -0.2) is 29.5 Å². The molecule has 2 N–H and O–H groups in total. The highest BCUT2D eigenvalue weighted by Crippen LogP contribution is 2.22. The lowest BCUT2D eigenvalue weighted by Crippen LogP contribution is -2.41. The van der Waals surface area contributed by atoms with Crippen LogP contribution in [0.25, 0.3) is 0 Å². The van der Waals surface area contributed by atoms with E-state index in [4.69, 9.17) is 5.73 Å². The predicted octanol–water partition coefficient (Wildman–Crippen LogP) is 2.71. The van der Waals surface area contributed by atoms with Gasteiger partial charge in [0, 0.05) is 24.5 Å². The molecule has 19 heavy (non-hydrogen) atoms. The molecule has 2 aromatic rings. The topological polar surface area (TPSA) is 42.1 Å². The van der Waals surface area contributed by atoms with E-state index < -0.39 is 0 Å². The molecule has 0 bridgehead atoms. The molecule has 0 aliphatic heterocycles. The van der Waals surface area contributed by atoms with E-state index in [2.05, 4.69) is 53.5 Å². The van der Waals surface area contributed by atoms with Crippen molar-refractivity contribution in [1.29, 1.82) is 0 Å². The maximum absolute atomic E-state index is 5.98. The lowest BCUT2D eigenvalue weighted by molar-refractivity contribution is 0.211. The number of hydrogen-bond donors (Lipinski definition) is 1. The maximum atomic E-state index is 5.98. The van der Waals surface area contributed by atoms with E-state index in [1.807, 2.05) is 11.6 Å². The van der Waals surface area contributed by atoms with Gasteiger partial charge in [-0.15, -0.1) is 11.3 Å². The third-order valence-corrected chi connectivity index (χ3v) is 4.24. The van der Waals surface area contributed by atoms with Crippen LogP contribution in [0.4, 0.5) is 0 Å². The Morgan fingerprint density at radius 3 is 2.63 bits per heavy atom. The van der Waals surface area contributed by atoms with Crippen molar-refractivity contribution in [3.05, 3.63) is 52.5 Å². The zero-order valence-corrected chi connectivity index (χ0v) is 12.3. The van der Waals surface area contributed by atoms with Crippen LogP contribution in [0.3, 0.4) is 0 Å². The summed E-state index contributed by atoms with van der Waals surface area (Å²) < 4.78 is 0. The highest BCUT2D eigenvalue weighted by Gasteiger charge is 2.22. The Morgan fingerprint density at radius 1 is 1.32 bits per heavy atom. The predicted molar refractivity (Wildman–Crippen MR) is 81.3 cm³/mol. The number of rotatable bonds is 6. The monoisotopic (exact) mass is 275 g/mol. The highest BCUT2D eigenvalue weighted by atomic mass is 32.1. The van der Waals surface area contributed by atoms with Crippen molar-refractivity contribution in [3.63, 3.8) is 0 Å². The van der Waals surface area contributed by atoms with Crippen LogP contribution in [0.1, 0.15) is 24.1 Å². The summed E-state index contributed by atoms with van der Waals surface area (Å²) >= 11 is 1.64. The fourth-order valence-electron chi connectivity index (χ4n) is 2.43. The van der Waals surface area contributed by atoms with Crippen molar-refractivity contribution in [2.45, 2.75) is 25.4 Å². The fourth-order valence-corrected chi connectivity index (χ4v) is 2.98. The molecule has 0 spiro atoms. The minimum atomic E-state index is 0.323. The molecule has 1 aromatic heterocycles. The minimum absolute atomic E-state index is 0.323. The lowest BCUT2D eigenvalue weighted by Gasteiger charge is -2.31. The summed E-state index contributed by atoms with van der Waals surface area (Å²) in [5, 5.41) is 2.09. The summed E-state index contributed by atoms with van der Waals surface area (Å²) in [6.07, 6.45) is 0. The van der Waals surface area contributed by atoms with E-state index in [0.29, 0.717) is 18.5 Å². The molecule has 0 fully saturated rings. The average Bonchev–Trinajstić information content (AvgIpc) is 2.93. The van der Waals surface area contributed by atoms with Gasteiger partial charge in [0.2, 0.25) is 0 Å². The molecule has 2 atom stereocenters. The molecule has 0 saturated carbocycles. The van der Waals surface area contributed by atoms with Gasteiger partial charge in [0.25, 0.3) is 0 Å². The zero-order chi connectivity index (χ0) is 13.7. The molecule has 0 aliphatic rings. The van der Waals surface area contributed by atoms with E-state index in [1.54, 1.807) is 11.3 Å². The lowest BCUT2D eigenvalue weighted by atomic mass is 9.92. The van der Waals surface area contributed by atoms with Crippen molar-refractivity contribution < 1.29 is 0 Å². The van der Waals surface area contributed by atoms with Crippen LogP contribution in [0.15, 0.2) is 41.2 Å². The summed E-state index contributed by atoms with van der Waals surface area (Å²) in [5.74, 6) is 0.412. The molecule has 4 heteroatoms. The molecule has 3 nitrogen and oxygen atoms in total. The van der Waals surface area contributed by atoms with Crippen LogP contribution in [-0.2, 0) is 6.54 Å². The van der Waals surface area contributed by atoms with Gasteiger partial charge in [-0.1, -0.05) is 37.3 Å². The Kier molecular flexibility index (Phi) is 5.07. The van der Waals surface area contributed by atoms with Gasteiger partial charge in [0.15, 0.2) is 0 Å². The van der Waals surface area contributed by atoms with E-state index in [1.165, 1.54) is 5.56 Å². The second-order valence-corrected chi connectivity index (χ2v) is 5.62. The van der Waals surface area contributed by atoms with Crippen molar-refractivity contribution >= 4 is 11.3 Å². The van der Waals surface area contributed by atoms with Crippen LogP contribution < -0.4 is 5.73 Å². The summed E-state index contributed by atoms with van der Waals surface area (Å²) in [6, 6.07) is 10.9. The van der Waals surface area contributed by atoms with Crippen molar-refractivity contribution in [2.75, 3.05) is 13.6 Å². The molecule has 0 radical (unpaired) electrons. The molecule has 0 amide bonds. The van der Waals surface area contributed by atoms with Crippen LogP contribution in [0.2, 0.25) is 0 Å². The second-order valence-electron chi connectivity index (χ2n) is 4.90. The SMILES string of the molecule is CC(c1ccccc1)C(CN)N(C)Cc1cscn1. The third kappa shape index (κ3) is 3.62. The maximum Gasteiger partial charge on any atom is 0.0795 e. The Hall–Kier alpha value is -1.23. The first kappa shape index (κ1) is 14.2. The standard InChI is InChI=1S/C15H21N3S/c1-12(13-6-4-3-5-7-13)15(8-16)18(2)9-14-10-19-11-17-14/h3-7,10-12,15H,8-9,16H2,1-2H3. The number of benzene rings is 1. The Balaban J connectivity index is 2.06. The van der Waals surface area contributed by atoms with Gasteiger partial charge in [-0.3, -0.25) is 4.90 Å². The smallest absolute Gasteiger partial charge is 0.0795 e. The van der Waals surface area contributed by atoms with E-state index in [9.17, 15) is 0 Å². The van der Waals surface area contributed by atoms with E-state index in [0.717, 1.165) is 12.2 Å². The Bertz CT molecular complexity index is 469. The van der Waals surface area contributed by atoms with Gasteiger partial charge in [-0.2, -0.15) is 0 Å². The van der Waals surface area contributed by atoms with Gasteiger partial charge < -0.3 is 5.73 Å². The van der Waals surface area contributed by atoms with Gasteiger partial charge in [-0.25, -0.2) is 4.98 Å². The third-order valence-electron chi connectivity index (χ3n) is 3.61. The number of likely N-dealkylation sites (N-methyl/N-ethyl adjacent to an activating group) is 1. The largest absolute Gasteiger partial charge is 0.329 e. The molecular formula is C15H21N3S. The number of hydrogen-bond acceptors (Lipinski definition) is 4. The molecule has 1 aromatic carbocycles. The molecule has 0 saturated heterocycles. The molecule has 2 rings (SSSR count). The molecule has 102 valence electrons. The van der Waals surface area contributed by atoms with E-state index >= 15 is 0 Å². The van der Waals surface area contributed by atoms with Crippen LogP contribution in [0.5, 0.6) is 0 Å². The first-order valence-corrected chi connectivity index (χ1v) is 7.49.